The number of carbonyl (C=O) groups is 1. The summed E-state index contributed by atoms with van der Waals surface area (Å²) in [6.07, 6.45) is 2.45. The number of piperidine rings is 1. The van der Waals surface area contributed by atoms with Crippen molar-refractivity contribution in [2.45, 2.75) is 18.9 Å². The number of rotatable bonds is 3. The number of hydrogen-bond acceptors (Lipinski definition) is 4. The van der Waals surface area contributed by atoms with E-state index in [1.807, 2.05) is 4.90 Å². The fourth-order valence-corrected chi connectivity index (χ4v) is 2.41. The highest BCUT2D eigenvalue weighted by Crippen LogP contribution is 2.12. The molecule has 2 aliphatic rings. The van der Waals surface area contributed by atoms with Crippen molar-refractivity contribution in [2.75, 3.05) is 53.0 Å². The zero-order chi connectivity index (χ0) is 12.1. The molecule has 2 heterocycles. The Morgan fingerprint density at radius 3 is 2.47 bits per heavy atom. The Morgan fingerprint density at radius 2 is 1.88 bits per heavy atom. The molecule has 2 fully saturated rings. The maximum Gasteiger partial charge on any atom is 0.236 e. The van der Waals surface area contributed by atoms with Gasteiger partial charge in [0.1, 0.15) is 0 Å². The molecule has 0 bridgehead atoms. The van der Waals surface area contributed by atoms with E-state index < -0.39 is 0 Å². The van der Waals surface area contributed by atoms with E-state index in [0.29, 0.717) is 25.9 Å². The van der Waals surface area contributed by atoms with Crippen molar-refractivity contribution < 1.29 is 14.3 Å². The maximum atomic E-state index is 12.0. The molecule has 0 aliphatic carbocycles. The zero-order valence-corrected chi connectivity index (χ0v) is 10.6. The normalized spacial score (nSPS) is 23.9. The number of amides is 1. The minimum Gasteiger partial charge on any atom is -0.381 e. The van der Waals surface area contributed by atoms with Crippen molar-refractivity contribution in [3.8, 4) is 0 Å². The van der Waals surface area contributed by atoms with Crippen molar-refractivity contribution in [3.63, 3.8) is 0 Å². The molecule has 0 radical (unpaired) electrons. The molecule has 2 aliphatic heterocycles. The van der Waals surface area contributed by atoms with Gasteiger partial charge < -0.3 is 14.4 Å². The monoisotopic (exact) mass is 242 g/mol. The Balaban J connectivity index is 1.71. The van der Waals surface area contributed by atoms with Crippen LogP contribution < -0.4 is 0 Å². The molecule has 2 rings (SSSR count). The first-order valence-corrected chi connectivity index (χ1v) is 6.40. The van der Waals surface area contributed by atoms with E-state index in [0.717, 1.165) is 39.0 Å². The van der Waals surface area contributed by atoms with Crippen molar-refractivity contribution >= 4 is 5.91 Å². The van der Waals surface area contributed by atoms with Gasteiger partial charge in [-0.1, -0.05) is 0 Å². The summed E-state index contributed by atoms with van der Waals surface area (Å²) in [6, 6.07) is 0. The van der Waals surface area contributed by atoms with Crippen LogP contribution in [-0.2, 0) is 14.3 Å². The predicted octanol–water partition coefficient (Wildman–Crippen LogP) is -0.0440. The minimum absolute atomic E-state index is 0.240. The molecular formula is C12H22N2O3. The summed E-state index contributed by atoms with van der Waals surface area (Å²) in [7, 11) is 1.76. The van der Waals surface area contributed by atoms with Crippen molar-refractivity contribution in [3.05, 3.63) is 0 Å². The summed E-state index contributed by atoms with van der Waals surface area (Å²) in [4.78, 5) is 16.2. The number of hydrogen-bond donors (Lipinski definition) is 0. The predicted molar refractivity (Wildman–Crippen MR) is 63.9 cm³/mol. The lowest BCUT2D eigenvalue weighted by Crippen LogP contribution is -2.47. The molecule has 5 nitrogen and oxygen atoms in total. The van der Waals surface area contributed by atoms with Crippen LogP contribution in [0, 0.1) is 0 Å². The van der Waals surface area contributed by atoms with Gasteiger partial charge in [0.25, 0.3) is 0 Å². The lowest BCUT2D eigenvalue weighted by Gasteiger charge is -2.33. The average molecular weight is 242 g/mol. The summed E-state index contributed by atoms with van der Waals surface area (Å²) in [5, 5.41) is 0. The first kappa shape index (κ1) is 12.8. The Morgan fingerprint density at radius 1 is 1.24 bits per heavy atom. The highest BCUT2D eigenvalue weighted by Gasteiger charge is 2.23. The second kappa shape index (κ2) is 6.33. The topological polar surface area (TPSA) is 42.0 Å². The van der Waals surface area contributed by atoms with Gasteiger partial charge in [-0.3, -0.25) is 9.69 Å². The molecular weight excluding hydrogens is 220 g/mol. The number of morpholine rings is 1. The zero-order valence-electron chi connectivity index (χ0n) is 10.6. The third-order valence-corrected chi connectivity index (χ3v) is 3.59. The van der Waals surface area contributed by atoms with Gasteiger partial charge in [-0.2, -0.15) is 0 Å². The summed E-state index contributed by atoms with van der Waals surface area (Å²) in [6.45, 7) is 5.33. The Hall–Kier alpha value is -0.650. The second-order valence-corrected chi connectivity index (χ2v) is 4.70. The number of carbonyl (C=O) groups excluding carboxylic acids is 1. The molecule has 0 N–H and O–H groups in total. The molecule has 0 unspecified atom stereocenters. The van der Waals surface area contributed by atoms with E-state index >= 15 is 0 Å². The van der Waals surface area contributed by atoms with Crippen LogP contribution in [0.4, 0.5) is 0 Å². The van der Waals surface area contributed by atoms with Crippen LogP contribution in [0.1, 0.15) is 12.8 Å². The average Bonchev–Trinajstić information content (AvgIpc) is 2.40. The van der Waals surface area contributed by atoms with Gasteiger partial charge in [0.15, 0.2) is 0 Å². The highest BCUT2D eigenvalue weighted by molar-refractivity contribution is 5.78. The molecule has 1 amide bonds. The van der Waals surface area contributed by atoms with Gasteiger partial charge >= 0.3 is 0 Å². The number of ether oxygens (including phenoxy) is 2. The largest absolute Gasteiger partial charge is 0.381 e. The van der Waals surface area contributed by atoms with E-state index in [-0.39, 0.29) is 5.91 Å². The number of methoxy groups -OCH3 is 1. The Labute approximate surface area is 103 Å². The lowest BCUT2D eigenvalue weighted by molar-refractivity contribution is -0.137. The van der Waals surface area contributed by atoms with Crippen LogP contribution in [0.3, 0.4) is 0 Å². The molecule has 98 valence electrons. The van der Waals surface area contributed by atoms with Crippen molar-refractivity contribution in [2.24, 2.45) is 0 Å². The summed E-state index contributed by atoms with van der Waals surface area (Å²) < 4.78 is 10.6. The maximum absolute atomic E-state index is 12.0. The second-order valence-electron chi connectivity index (χ2n) is 4.70. The molecule has 0 atom stereocenters. The number of nitrogens with zero attached hydrogens (tertiary/aromatic N) is 2. The molecule has 0 saturated carbocycles. The third-order valence-electron chi connectivity index (χ3n) is 3.59. The summed E-state index contributed by atoms with van der Waals surface area (Å²) >= 11 is 0. The third kappa shape index (κ3) is 3.66. The van der Waals surface area contributed by atoms with Crippen LogP contribution in [0.5, 0.6) is 0 Å². The van der Waals surface area contributed by atoms with Crippen LogP contribution in [-0.4, -0.2) is 74.9 Å². The minimum atomic E-state index is 0.240. The van der Waals surface area contributed by atoms with Gasteiger partial charge in [-0.05, 0) is 12.8 Å². The molecule has 5 heteroatoms. The van der Waals surface area contributed by atoms with Gasteiger partial charge in [-0.15, -0.1) is 0 Å². The summed E-state index contributed by atoms with van der Waals surface area (Å²) in [5.41, 5.74) is 0. The Bertz CT molecular complexity index is 246. The molecule has 0 aromatic rings. The first-order valence-electron chi connectivity index (χ1n) is 6.40. The molecule has 0 aromatic carbocycles. The lowest BCUT2D eigenvalue weighted by atomic mass is 10.1. The van der Waals surface area contributed by atoms with E-state index in [1.165, 1.54) is 0 Å². The molecule has 0 spiro atoms. The van der Waals surface area contributed by atoms with Gasteiger partial charge in [0.2, 0.25) is 5.91 Å². The first-order chi connectivity index (χ1) is 8.29. The van der Waals surface area contributed by atoms with Gasteiger partial charge in [0.05, 0.1) is 25.9 Å². The number of likely N-dealkylation sites (tertiary alicyclic amines) is 1. The molecule has 17 heavy (non-hydrogen) atoms. The molecule has 2 saturated heterocycles. The quantitative estimate of drug-likeness (QED) is 0.696. The van der Waals surface area contributed by atoms with Crippen molar-refractivity contribution in [1.82, 2.24) is 9.80 Å². The van der Waals surface area contributed by atoms with E-state index in [2.05, 4.69) is 4.90 Å². The summed E-state index contributed by atoms with van der Waals surface area (Å²) in [5.74, 6) is 0.240. The highest BCUT2D eigenvalue weighted by atomic mass is 16.5. The van der Waals surface area contributed by atoms with Crippen molar-refractivity contribution in [1.29, 1.82) is 0 Å². The van der Waals surface area contributed by atoms with E-state index in [4.69, 9.17) is 9.47 Å². The fraction of sp³-hybridized carbons (Fsp3) is 0.917. The van der Waals surface area contributed by atoms with Crippen LogP contribution in [0.25, 0.3) is 0 Å². The van der Waals surface area contributed by atoms with Crippen LogP contribution in [0.2, 0.25) is 0 Å². The smallest absolute Gasteiger partial charge is 0.236 e. The van der Waals surface area contributed by atoms with Gasteiger partial charge in [-0.25, -0.2) is 0 Å². The Kier molecular flexibility index (Phi) is 4.76. The SMILES string of the molecule is COC1CCN(CC(=O)N2CCOCC2)CC1. The fourth-order valence-electron chi connectivity index (χ4n) is 2.41. The standard InChI is InChI=1S/C12H22N2O3/c1-16-11-2-4-13(5-3-11)10-12(15)14-6-8-17-9-7-14/h11H,2-10H2,1H3. The van der Waals surface area contributed by atoms with E-state index in [9.17, 15) is 4.79 Å². The molecule has 0 aromatic heterocycles. The van der Waals surface area contributed by atoms with E-state index in [1.54, 1.807) is 7.11 Å². The van der Waals surface area contributed by atoms with Gasteiger partial charge in [0, 0.05) is 33.3 Å². The van der Waals surface area contributed by atoms with Crippen LogP contribution >= 0.6 is 0 Å². The van der Waals surface area contributed by atoms with Crippen LogP contribution in [0.15, 0.2) is 0 Å².